The van der Waals surface area contributed by atoms with E-state index >= 15 is 0 Å². The molecule has 0 unspecified atom stereocenters. The van der Waals surface area contributed by atoms with Gasteiger partial charge in [-0.1, -0.05) is 0 Å². The molecule has 0 aromatic carbocycles. The van der Waals surface area contributed by atoms with Crippen LogP contribution in [0.5, 0.6) is 0 Å². The second-order valence-electron chi connectivity index (χ2n) is 2.32. The fourth-order valence-corrected chi connectivity index (χ4v) is 0.677. The predicted molar refractivity (Wildman–Crippen MR) is 43.8 cm³/mol. The number of hydrazine groups is 1. The van der Waals surface area contributed by atoms with Crippen molar-refractivity contribution < 1.29 is 9.59 Å². The lowest BCUT2D eigenvalue weighted by molar-refractivity contribution is -0.118. The maximum absolute atomic E-state index is 10.5. The van der Waals surface area contributed by atoms with Gasteiger partial charge in [0.25, 0.3) is 0 Å². The number of carbonyl (C=O) groups is 2. The minimum absolute atomic E-state index is 0.321. The number of nitrogens with one attached hydrogen (secondary N) is 2. The number of primary amides is 1. The molecule has 0 spiro atoms. The van der Waals surface area contributed by atoms with E-state index in [1.54, 1.807) is 0 Å². The molecule has 0 saturated heterocycles. The standard InChI is InChI=1S/C6H14N4O2/c7-5(11)3-1-2-4-9-6(12)10-8/h1-4,8H2,(H2,7,11)(H2,9,10,12). The Kier molecular flexibility index (Phi) is 5.72. The van der Waals surface area contributed by atoms with Gasteiger partial charge in [0.15, 0.2) is 0 Å². The molecule has 6 N–H and O–H groups in total. The number of urea groups is 1. The van der Waals surface area contributed by atoms with Crippen molar-refractivity contribution in [1.82, 2.24) is 10.7 Å². The van der Waals surface area contributed by atoms with Gasteiger partial charge in [0.05, 0.1) is 0 Å². The smallest absolute Gasteiger partial charge is 0.328 e. The highest BCUT2D eigenvalue weighted by molar-refractivity contribution is 5.73. The number of nitrogens with two attached hydrogens (primary N) is 2. The Morgan fingerprint density at radius 3 is 2.42 bits per heavy atom. The lowest BCUT2D eigenvalue weighted by Crippen LogP contribution is -2.40. The molecule has 6 nitrogen and oxygen atoms in total. The summed E-state index contributed by atoms with van der Waals surface area (Å²) in [6.07, 6.45) is 1.75. The third kappa shape index (κ3) is 6.81. The molecular formula is C6H14N4O2. The Balaban J connectivity index is 3.11. The van der Waals surface area contributed by atoms with Gasteiger partial charge >= 0.3 is 6.03 Å². The van der Waals surface area contributed by atoms with Crippen LogP contribution in [0.3, 0.4) is 0 Å². The summed E-state index contributed by atoms with van der Waals surface area (Å²) in [6, 6.07) is -0.422. The fraction of sp³-hybridized carbons (Fsp3) is 0.667. The van der Waals surface area contributed by atoms with Crippen LogP contribution in [0.15, 0.2) is 0 Å². The Morgan fingerprint density at radius 2 is 1.92 bits per heavy atom. The van der Waals surface area contributed by atoms with Crippen LogP contribution in [0.2, 0.25) is 0 Å². The van der Waals surface area contributed by atoms with E-state index in [0.717, 1.165) is 6.42 Å². The number of amides is 3. The van der Waals surface area contributed by atoms with Crippen molar-refractivity contribution >= 4 is 11.9 Å². The third-order valence-corrected chi connectivity index (χ3v) is 1.27. The van der Waals surface area contributed by atoms with Crippen LogP contribution < -0.4 is 22.3 Å². The van der Waals surface area contributed by atoms with Gasteiger partial charge in [-0.15, -0.1) is 0 Å². The molecule has 6 heteroatoms. The number of unbranched alkanes of at least 4 members (excludes halogenated alkanes) is 1. The highest BCUT2D eigenvalue weighted by Gasteiger charge is 1.96. The Labute approximate surface area is 70.6 Å². The van der Waals surface area contributed by atoms with Gasteiger partial charge in [-0.2, -0.15) is 0 Å². The first kappa shape index (κ1) is 10.7. The molecule has 70 valence electrons. The second-order valence-corrected chi connectivity index (χ2v) is 2.32. The molecule has 0 aromatic heterocycles. The summed E-state index contributed by atoms with van der Waals surface area (Å²) in [5.41, 5.74) is 6.82. The maximum Gasteiger partial charge on any atom is 0.328 e. The molecule has 0 atom stereocenters. The topological polar surface area (TPSA) is 110 Å². The summed E-state index contributed by atoms with van der Waals surface area (Å²) in [6.45, 7) is 0.496. The monoisotopic (exact) mass is 174 g/mol. The molecular weight excluding hydrogens is 160 g/mol. The lowest BCUT2D eigenvalue weighted by atomic mass is 10.2. The van der Waals surface area contributed by atoms with Crippen molar-refractivity contribution in [2.24, 2.45) is 11.6 Å². The van der Waals surface area contributed by atoms with E-state index < -0.39 is 6.03 Å². The van der Waals surface area contributed by atoms with E-state index in [1.165, 1.54) is 0 Å². The van der Waals surface area contributed by atoms with E-state index in [9.17, 15) is 9.59 Å². The zero-order valence-corrected chi connectivity index (χ0v) is 6.80. The molecule has 0 heterocycles. The van der Waals surface area contributed by atoms with E-state index in [4.69, 9.17) is 11.6 Å². The van der Waals surface area contributed by atoms with Crippen LogP contribution in [0, 0.1) is 0 Å². The number of hydrogen-bond donors (Lipinski definition) is 4. The summed E-state index contributed by atoms with van der Waals surface area (Å²) < 4.78 is 0. The SMILES string of the molecule is NNC(=O)NCCCCC(N)=O. The van der Waals surface area contributed by atoms with Crippen LogP contribution in [-0.2, 0) is 4.79 Å². The Morgan fingerprint density at radius 1 is 1.25 bits per heavy atom. The Bertz CT molecular complexity index is 160. The van der Waals surface area contributed by atoms with E-state index in [-0.39, 0.29) is 5.91 Å². The summed E-state index contributed by atoms with van der Waals surface area (Å²) in [4.78, 5) is 20.7. The second kappa shape index (κ2) is 6.41. The van der Waals surface area contributed by atoms with Crippen LogP contribution in [0.4, 0.5) is 4.79 Å². The van der Waals surface area contributed by atoms with Gasteiger partial charge < -0.3 is 11.1 Å². The summed E-state index contributed by atoms with van der Waals surface area (Å²) >= 11 is 0. The molecule has 0 aliphatic rings. The molecule has 0 radical (unpaired) electrons. The molecule has 0 rings (SSSR count). The fourth-order valence-electron chi connectivity index (χ4n) is 0.677. The molecule has 3 amide bonds. The van der Waals surface area contributed by atoms with E-state index in [1.807, 2.05) is 5.43 Å². The van der Waals surface area contributed by atoms with Crippen LogP contribution in [0.1, 0.15) is 19.3 Å². The summed E-state index contributed by atoms with van der Waals surface area (Å²) in [5.74, 6) is 4.48. The molecule has 0 aromatic rings. The van der Waals surface area contributed by atoms with Crippen molar-refractivity contribution in [3.05, 3.63) is 0 Å². The van der Waals surface area contributed by atoms with Crippen molar-refractivity contribution in [3.63, 3.8) is 0 Å². The number of hydrogen-bond acceptors (Lipinski definition) is 3. The first-order chi connectivity index (χ1) is 5.66. The highest BCUT2D eigenvalue weighted by Crippen LogP contribution is 1.91. The maximum atomic E-state index is 10.5. The van der Waals surface area contributed by atoms with Gasteiger partial charge in [-0.05, 0) is 12.8 Å². The average molecular weight is 174 g/mol. The minimum Gasteiger partial charge on any atom is -0.370 e. The van der Waals surface area contributed by atoms with Gasteiger partial charge in [0.2, 0.25) is 5.91 Å². The lowest BCUT2D eigenvalue weighted by Gasteiger charge is -2.02. The first-order valence-corrected chi connectivity index (χ1v) is 3.69. The minimum atomic E-state index is -0.422. The molecule has 0 aliphatic carbocycles. The van der Waals surface area contributed by atoms with Crippen molar-refractivity contribution in [1.29, 1.82) is 0 Å². The zero-order valence-electron chi connectivity index (χ0n) is 6.80. The largest absolute Gasteiger partial charge is 0.370 e. The van der Waals surface area contributed by atoms with Gasteiger partial charge in [-0.3, -0.25) is 10.2 Å². The van der Waals surface area contributed by atoms with Crippen molar-refractivity contribution in [2.75, 3.05) is 6.54 Å². The normalized spacial score (nSPS) is 9.08. The van der Waals surface area contributed by atoms with Crippen LogP contribution >= 0.6 is 0 Å². The van der Waals surface area contributed by atoms with Crippen molar-refractivity contribution in [3.8, 4) is 0 Å². The summed E-state index contributed by atoms with van der Waals surface area (Å²) in [7, 11) is 0. The quantitative estimate of drug-likeness (QED) is 0.182. The van der Waals surface area contributed by atoms with E-state index in [2.05, 4.69) is 5.32 Å². The number of carbonyl (C=O) groups excluding carboxylic acids is 2. The van der Waals surface area contributed by atoms with Gasteiger partial charge in [0.1, 0.15) is 0 Å². The first-order valence-electron chi connectivity index (χ1n) is 3.69. The van der Waals surface area contributed by atoms with Gasteiger partial charge in [-0.25, -0.2) is 10.6 Å². The average Bonchev–Trinajstić information content (AvgIpc) is 2.03. The molecule has 0 aliphatic heterocycles. The molecule has 0 bridgehead atoms. The van der Waals surface area contributed by atoms with Crippen LogP contribution in [-0.4, -0.2) is 18.5 Å². The molecule has 12 heavy (non-hydrogen) atoms. The molecule has 0 saturated carbocycles. The number of rotatable bonds is 5. The van der Waals surface area contributed by atoms with Crippen molar-refractivity contribution in [2.45, 2.75) is 19.3 Å². The highest BCUT2D eigenvalue weighted by atomic mass is 16.2. The molecule has 0 fully saturated rings. The van der Waals surface area contributed by atoms with Gasteiger partial charge in [0, 0.05) is 13.0 Å². The summed E-state index contributed by atoms with van der Waals surface area (Å²) in [5, 5.41) is 2.48. The third-order valence-electron chi connectivity index (χ3n) is 1.27. The Hall–Kier alpha value is -1.30. The van der Waals surface area contributed by atoms with E-state index in [0.29, 0.717) is 19.4 Å². The van der Waals surface area contributed by atoms with Crippen LogP contribution in [0.25, 0.3) is 0 Å². The zero-order chi connectivity index (χ0) is 9.40. The predicted octanol–water partition coefficient (Wildman–Crippen LogP) is -1.19.